The second-order valence-corrected chi connectivity index (χ2v) is 7.26. The fourth-order valence-electron chi connectivity index (χ4n) is 2.66. The van der Waals surface area contributed by atoms with Crippen LogP contribution in [0.1, 0.15) is 16.1 Å². The Labute approximate surface area is 140 Å². The van der Waals surface area contributed by atoms with E-state index in [1.54, 1.807) is 16.8 Å². The third-order valence-electron chi connectivity index (χ3n) is 3.99. The molecule has 1 aliphatic rings. The molecule has 0 aliphatic carbocycles. The highest BCUT2D eigenvalue weighted by atomic mass is 32.3. The van der Waals surface area contributed by atoms with Crippen molar-refractivity contribution < 1.29 is 18.3 Å². The third kappa shape index (κ3) is 2.81. The largest absolute Gasteiger partial charge is 0.593 e. The van der Waals surface area contributed by atoms with Gasteiger partial charge in [-0.25, -0.2) is 0 Å². The molecule has 0 saturated heterocycles. The van der Waals surface area contributed by atoms with Crippen LogP contribution >= 0.6 is 0 Å². The summed E-state index contributed by atoms with van der Waals surface area (Å²) in [5, 5.41) is 6.70. The highest BCUT2D eigenvalue weighted by Crippen LogP contribution is 2.29. The molecule has 0 bridgehead atoms. The molecule has 1 aromatic heterocycles. The van der Waals surface area contributed by atoms with E-state index < -0.39 is 10.4 Å². The number of hydrogen-bond donors (Lipinski definition) is 1. The SMILES string of the molecule is CNC(=O)c1cnn2c1CN([S+](=O)([O-])c1cccc(OC)c1)CC2. The van der Waals surface area contributed by atoms with Gasteiger partial charge >= 0.3 is 0 Å². The fraction of sp³-hybridized carbons (Fsp3) is 0.333. The molecule has 1 N–H and O–H groups in total. The minimum absolute atomic E-state index is 0.0995. The molecule has 0 radical (unpaired) electrons. The van der Waals surface area contributed by atoms with Gasteiger partial charge in [-0.05, 0) is 12.1 Å². The van der Waals surface area contributed by atoms with E-state index in [-0.39, 0.29) is 17.3 Å². The Morgan fingerprint density at radius 3 is 2.92 bits per heavy atom. The second kappa shape index (κ2) is 6.34. The first-order chi connectivity index (χ1) is 11.5. The van der Waals surface area contributed by atoms with Gasteiger partial charge in [0.05, 0.1) is 44.2 Å². The Morgan fingerprint density at radius 2 is 2.21 bits per heavy atom. The molecule has 2 heterocycles. The van der Waals surface area contributed by atoms with Crippen molar-refractivity contribution in [2.75, 3.05) is 20.7 Å². The number of fused-ring (bicyclic) bond motifs is 1. The lowest BCUT2D eigenvalue weighted by Crippen LogP contribution is -2.42. The Bertz CT molecular complexity index is 820. The van der Waals surface area contributed by atoms with Crippen LogP contribution in [0.2, 0.25) is 0 Å². The molecule has 1 aromatic carbocycles. The number of nitrogens with zero attached hydrogens (tertiary/aromatic N) is 3. The summed E-state index contributed by atoms with van der Waals surface area (Å²) in [6.07, 6.45) is 1.47. The quantitative estimate of drug-likeness (QED) is 0.817. The van der Waals surface area contributed by atoms with Gasteiger partial charge in [-0.3, -0.25) is 9.48 Å². The van der Waals surface area contributed by atoms with Crippen LogP contribution < -0.4 is 10.1 Å². The summed E-state index contributed by atoms with van der Waals surface area (Å²) < 4.78 is 33.9. The molecule has 1 atom stereocenters. The van der Waals surface area contributed by atoms with E-state index in [0.29, 0.717) is 30.1 Å². The van der Waals surface area contributed by atoms with E-state index in [0.717, 1.165) is 0 Å². The van der Waals surface area contributed by atoms with Gasteiger partial charge in [0, 0.05) is 13.1 Å². The number of sulfonamides is 1. The van der Waals surface area contributed by atoms with Gasteiger partial charge in [-0.15, -0.1) is 4.31 Å². The van der Waals surface area contributed by atoms with Crippen molar-refractivity contribution in [2.24, 2.45) is 0 Å². The van der Waals surface area contributed by atoms with Gasteiger partial charge < -0.3 is 14.6 Å². The second-order valence-electron chi connectivity index (χ2n) is 5.32. The van der Waals surface area contributed by atoms with Crippen LogP contribution in [0.3, 0.4) is 0 Å². The zero-order chi connectivity index (χ0) is 17.3. The maximum atomic E-state index is 12.9. The number of amides is 1. The average molecular weight is 350 g/mol. The average Bonchev–Trinajstić information content (AvgIpc) is 3.04. The lowest BCUT2D eigenvalue weighted by molar-refractivity contribution is 0.0960. The third-order valence-corrected chi connectivity index (χ3v) is 5.83. The number of methoxy groups -OCH3 is 1. The van der Waals surface area contributed by atoms with Crippen LogP contribution in [0, 0.1) is 0 Å². The number of carbonyl (C=O) groups is 1. The Balaban J connectivity index is 1.92. The van der Waals surface area contributed by atoms with Crippen molar-refractivity contribution in [2.45, 2.75) is 18.0 Å². The van der Waals surface area contributed by atoms with Gasteiger partial charge in [0.1, 0.15) is 5.75 Å². The number of aromatic nitrogens is 2. The molecule has 0 fully saturated rings. The van der Waals surface area contributed by atoms with Crippen molar-refractivity contribution in [3.05, 3.63) is 41.7 Å². The molecular formula is C15H18N4O4S. The molecule has 8 nitrogen and oxygen atoms in total. The Kier molecular flexibility index (Phi) is 4.39. The lowest BCUT2D eigenvalue weighted by Gasteiger charge is -2.31. The highest BCUT2D eigenvalue weighted by molar-refractivity contribution is 7.95. The van der Waals surface area contributed by atoms with Crippen LogP contribution in [-0.4, -0.2) is 45.2 Å². The van der Waals surface area contributed by atoms with Crippen molar-refractivity contribution in [3.63, 3.8) is 0 Å². The van der Waals surface area contributed by atoms with E-state index in [4.69, 9.17) is 4.74 Å². The summed E-state index contributed by atoms with van der Waals surface area (Å²) >= 11 is 0. The van der Waals surface area contributed by atoms with Gasteiger partial charge in [-0.1, -0.05) is 10.3 Å². The monoisotopic (exact) mass is 350 g/mol. The molecule has 1 aliphatic heterocycles. The van der Waals surface area contributed by atoms with Crippen LogP contribution in [-0.2, 0) is 27.7 Å². The van der Waals surface area contributed by atoms with E-state index in [2.05, 4.69) is 10.4 Å². The van der Waals surface area contributed by atoms with Gasteiger partial charge in [0.25, 0.3) is 5.91 Å². The van der Waals surface area contributed by atoms with E-state index >= 15 is 0 Å². The zero-order valence-electron chi connectivity index (χ0n) is 13.4. The van der Waals surface area contributed by atoms with Gasteiger partial charge in [0.2, 0.25) is 0 Å². The number of hydrogen-bond acceptors (Lipinski definition) is 5. The van der Waals surface area contributed by atoms with Crippen molar-refractivity contribution in [1.29, 1.82) is 0 Å². The maximum Gasteiger partial charge on any atom is 0.254 e. The van der Waals surface area contributed by atoms with E-state index in [9.17, 15) is 13.6 Å². The molecule has 1 amide bonds. The molecule has 2 aromatic rings. The van der Waals surface area contributed by atoms with Crippen molar-refractivity contribution >= 4 is 16.3 Å². The molecule has 1 unspecified atom stereocenters. The summed E-state index contributed by atoms with van der Waals surface area (Å²) in [7, 11) is -0.669. The first-order valence-corrected chi connectivity index (χ1v) is 8.82. The van der Waals surface area contributed by atoms with Gasteiger partial charge in [-0.2, -0.15) is 5.10 Å². The van der Waals surface area contributed by atoms with Crippen LogP contribution in [0.25, 0.3) is 0 Å². The van der Waals surface area contributed by atoms with E-state index in [1.807, 2.05) is 0 Å². The number of ether oxygens (including phenoxy) is 1. The minimum Gasteiger partial charge on any atom is -0.593 e. The summed E-state index contributed by atoms with van der Waals surface area (Å²) in [5.41, 5.74) is 0.982. The summed E-state index contributed by atoms with van der Waals surface area (Å²) in [6.45, 7) is 0.791. The van der Waals surface area contributed by atoms with Crippen LogP contribution in [0.4, 0.5) is 0 Å². The predicted octanol–water partition coefficient (Wildman–Crippen LogP) is 0.671. The zero-order valence-corrected chi connectivity index (χ0v) is 14.2. The van der Waals surface area contributed by atoms with Crippen molar-refractivity contribution in [3.8, 4) is 5.75 Å². The number of nitrogens with one attached hydrogen (secondary N) is 1. The molecular weight excluding hydrogens is 332 g/mol. The highest BCUT2D eigenvalue weighted by Gasteiger charge is 2.35. The molecule has 9 heteroatoms. The molecule has 3 rings (SSSR count). The first-order valence-electron chi connectivity index (χ1n) is 7.38. The fourth-order valence-corrected chi connectivity index (χ4v) is 4.09. The normalized spacial score (nSPS) is 17.0. The lowest BCUT2D eigenvalue weighted by atomic mass is 10.2. The van der Waals surface area contributed by atoms with Crippen LogP contribution in [0.15, 0.2) is 35.4 Å². The minimum atomic E-state index is -3.68. The van der Waals surface area contributed by atoms with E-state index in [1.165, 1.54) is 36.8 Å². The Hall–Kier alpha value is -2.23. The topological polar surface area (TPSA) is 99.5 Å². The maximum absolute atomic E-state index is 12.9. The number of benzene rings is 1. The molecule has 24 heavy (non-hydrogen) atoms. The molecule has 128 valence electrons. The standard InChI is InChI=1S/C15H18N4O4S/c1-16-15(20)13-9-17-19-7-6-18(10-14(13)19)24(21,22)12-5-3-4-11(8-12)23-2/h3-5,8-9H,6-7,10H2,1-2H3,(H-,16,20,21,22). The first kappa shape index (κ1) is 16.6. The van der Waals surface area contributed by atoms with Gasteiger partial charge in [0.15, 0.2) is 15.3 Å². The van der Waals surface area contributed by atoms with Crippen molar-refractivity contribution in [1.82, 2.24) is 19.4 Å². The summed E-state index contributed by atoms with van der Waals surface area (Å²) in [4.78, 5) is 12.1. The number of rotatable bonds is 4. The summed E-state index contributed by atoms with van der Waals surface area (Å²) in [5.74, 6) is 0.195. The summed E-state index contributed by atoms with van der Waals surface area (Å²) in [6, 6.07) is 6.34. The number of carbonyl (C=O) groups excluding carboxylic acids is 1. The molecule has 0 saturated carbocycles. The van der Waals surface area contributed by atoms with Crippen LogP contribution in [0.5, 0.6) is 5.75 Å². The smallest absolute Gasteiger partial charge is 0.254 e. The Morgan fingerprint density at radius 1 is 1.42 bits per heavy atom. The molecule has 0 spiro atoms. The predicted molar refractivity (Wildman–Crippen MR) is 86.1 cm³/mol.